The van der Waals surface area contributed by atoms with Gasteiger partial charge in [-0.05, 0) is 56.4 Å². The largest absolute Gasteiger partial charge is 0.383 e. The minimum absolute atomic E-state index is 0.0298. The number of Topliss-reactive ketones (excluding diaryl/α,β-unsaturated/α-hetero) is 1. The summed E-state index contributed by atoms with van der Waals surface area (Å²) in [5.41, 5.74) is 15.4. The van der Waals surface area contributed by atoms with Crippen LogP contribution in [-0.2, 0) is 4.79 Å². The number of hydrogen-bond donors (Lipinski definition) is 2. The highest BCUT2D eigenvalue weighted by atomic mass is 32.2. The van der Waals surface area contributed by atoms with Crippen LogP contribution in [-0.4, -0.2) is 22.5 Å². The van der Waals surface area contributed by atoms with Gasteiger partial charge in [0.2, 0.25) is 5.91 Å². The molecule has 1 amide bonds. The Kier molecular flexibility index (Phi) is 6.37. The summed E-state index contributed by atoms with van der Waals surface area (Å²) in [4.78, 5) is 29.8. The molecule has 30 heavy (non-hydrogen) atoms. The standard InChI is InChI=1S/C23H28N4O2S/c1-13-9-15(3)16(10-14(13)2)18(28)12-30-22-19(21(26)29)23(7-5-4-6-8-23)17(11-24)20(25)27-22/h9-10,19H,4-8,12,25H2,1-3H3,(H2,26,29)/t19-/m0/s1. The molecule has 1 atom stereocenters. The fourth-order valence-corrected chi connectivity index (χ4v) is 5.86. The fourth-order valence-electron chi connectivity index (χ4n) is 4.75. The lowest BCUT2D eigenvalue weighted by molar-refractivity contribution is -0.123. The van der Waals surface area contributed by atoms with Gasteiger partial charge in [-0.1, -0.05) is 25.3 Å². The summed E-state index contributed by atoms with van der Waals surface area (Å²) >= 11 is 1.22. The van der Waals surface area contributed by atoms with Crippen LogP contribution >= 0.6 is 11.8 Å². The maximum atomic E-state index is 12.9. The molecule has 1 aromatic rings. The molecule has 1 aliphatic carbocycles. The molecule has 0 unspecified atom stereocenters. The average Bonchev–Trinajstić information content (AvgIpc) is 2.69. The molecular weight excluding hydrogens is 396 g/mol. The molecule has 158 valence electrons. The van der Waals surface area contributed by atoms with Crippen LogP contribution in [0, 0.1) is 43.4 Å². The summed E-state index contributed by atoms with van der Waals surface area (Å²) in [5, 5.41) is 10.2. The maximum Gasteiger partial charge on any atom is 0.228 e. The van der Waals surface area contributed by atoms with Crippen LogP contribution in [0.2, 0.25) is 0 Å². The van der Waals surface area contributed by atoms with E-state index in [1.165, 1.54) is 11.8 Å². The number of primary amides is 1. The minimum atomic E-state index is -0.724. The van der Waals surface area contributed by atoms with Crippen LogP contribution in [0.25, 0.3) is 0 Å². The zero-order valence-electron chi connectivity index (χ0n) is 17.7. The van der Waals surface area contributed by atoms with Crippen molar-refractivity contribution in [3.63, 3.8) is 0 Å². The predicted molar refractivity (Wildman–Crippen MR) is 120 cm³/mol. The smallest absolute Gasteiger partial charge is 0.228 e. The first kappa shape index (κ1) is 22.1. The third-order valence-electron chi connectivity index (χ3n) is 6.42. The monoisotopic (exact) mass is 424 g/mol. The van der Waals surface area contributed by atoms with Crippen molar-refractivity contribution in [3.05, 3.63) is 45.8 Å². The van der Waals surface area contributed by atoms with E-state index in [1.807, 2.05) is 32.9 Å². The molecule has 1 spiro atoms. The van der Waals surface area contributed by atoms with Crippen LogP contribution in [0.1, 0.15) is 59.2 Å². The highest BCUT2D eigenvalue weighted by Gasteiger charge is 2.51. The van der Waals surface area contributed by atoms with Gasteiger partial charge in [0.1, 0.15) is 5.82 Å². The van der Waals surface area contributed by atoms with Crippen molar-refractivity contribution in [1.29, 1.82) is 5.26 Å². The van der Waals surface area contributed by atoms with Gasteiger partial charge in [-0.25, -0.2) is 4.99 Å². The number of nitrogens with zero attached hydrogens (tertiary/aromatic N) is 2. The molecule has 2 aliphatic rings. The van der Waals surface area contributed by atoms with Crippen molar-refractivity contribution in [2.24, 2.45) is 27.8 Å². The minimum Gasteiger partial charge on any atom is -0.383 e. The van der Waals surface area contributed by atoms with Crippen molar-refractivity contribution in [1.82, 2.24) is 0 Å². The quantitative estimate of drug-likeness (QED) is 0.714. The molecule has 0 saturated heterocycles. The van der Waals surface area contributed by atoms with Crippen LogP contribution in [0.5, 0.6) is 0 Å². The molecule has 0 radical (unpaired) electrons. The van der Waals surface area contributed by atoms with Gasteiger partial charge in [-0.3, -0.25) is 9.59 Å². The Hall–Kier alpha value is -2.59. The van der Waals surface area contributed by atoms with Gasteiger partial charge in [0.05, 0.1) is 28.4 Å². The first-order valence-corrected chi connectivity index (χ1v) is 11.2. The Bertz CT molecular complexity index is 997. The van der Waals surface area contributed by atoms with Crippen molar-refractivity contribution >= 4 is 28.5 Å². The lowest BCUT2D eigenvalue weighted by Crippen LogP contribution is -2.48. The zero-order chi connectivity index (χ0) is 22.1. The van der Waals surface area contributed by atoms with E-state index < -0.39 is 17.2 Å². The second kappa shape index (κ2) is 8.65. The van der Waals surface area contributed by atoms with Gasteiger partial charge in [0, 0.05) is 11.0 Å². The Balaban J connectivity index is 1.92. The number of aliphatic imine (C=N–C) groups is 1. The first-order valence-electron chi connectivity index (χ1n) is 10.2. The van der Waals surface area contributed by atoms with E-state index in [4.69, 9.17) is 11.5 Å². The molecule has 4 N–H and O–H groups in total. The van der Waals surface area contributed by atoms with E-state index in [2.05, 4.69) is 11.1 Å². The number of ketones is 1. The van der Waals surface area contributed by atoms with Gasteiger partial charge in [-0.2, -0.15) is 5.26 Å². The SMILES string of the molecule is Cc1cc(C)c(C(=O)CSC2=NC(N)=C(C#N)C3(CCCCC3)[C@H]2C(N)=O)cc1C. The highest BCUT2D eigenvalue weighted by Crippen LogP contribution is 2.52. The van der Waals surface area contributed by atoms with Crippen molar-refractivity contribution in [2.45, 2.75) is 52.9 Å². The van der Waals surface area contributed by atoms with Gasteiger partial charge in [-0.15, -0.1) is 11.8 Å². The van der Waals surface area contributed by atoms with Crippen LogP contribution in [0.4, 0.5) is 0 Å². The number of benzene rings is 1. The summed E-state index contributed by atoms with van der Waals surface area (Å²) in [6.07, 6.45) is 4.21. The third kappa shape index (κ3) is 3.89. The molecule has 3 rings (SSSR count). The lowest BCUT2D eigenvalue weighted by Gasteiger charge is -2.44. The summed E-state index contributed by atoms with van der Waals surface area (Å²) in [5.74, 6) is -0.985. The lowest BCUT2D eigenvalue weighted by atomic mass is 9.61. The first-order chi connectivity index (χ1) is 14.2. The number of aryl methyl sites for hydroxylation is 3. The second-order valence-electron chi connectivity index (χ2n) is 8.34. The Morgan fingerprint density at radius 3 is 2.40 bits per heavy atom. The molecule has 1 aromatic carbocycles. The Morgan fingerprint density at radius 1 is 1.17 bits per heavy atom. The van der Waals surface area contributed by atoms with Crippen molar-refractivity contribution < 1.29 is 9.59 Å². The number of hydrogen-bond acceptors (Lipinski definition) is 6. The number of nitrogens with two attached hydrogens (primary N) is 2. The molecule has 0 aromatic heterocycles. The molecule has 7 heteroatoms. The van der Waals surface area contributed by atoms with E-state index in [1.54, 1.807) is 0 Å². The number of amides is 1. The topological polar surface area (TPSA) is 122 Å². The molecule has 1 saturated carbocycles. The number of allylic oxidation sites excluding steroid dienone is 1. The maximum absolute atomic E-state index is 12.9. The summed E-state index contributed by atoms with van der Waals surface area (Å²) < 4.78 is 0. The molecular formula is C23H28N4O2S. The Morgan fingerprint density at radius 2 is 1.80 bits per heavy atom. The van der Waals surface area contributed by atoms with Gasteiger partial charge in [0.25, 0.3) is 0 Å². The predicted octanol–water partition coefficient (Wildman–Crippen LogP) is 3.69. The van der Waals surface area contributed by atoms with E-state index in [0.717, 1.165) is 36.0 Å². The Labute approximate surface area is 181 Å². The zero-order valence-corrected chi connectivity index (χ0v) is 18.6. The highest BCUT2D eigenvalue weighted by molar-refractivity contribution is 8.14. The normalized spacial score (nSPS) is 20.6. The van der Waals surface area contributed by atoms with Gasteiger partial charge >= 0.3 is 0 Å². The number of rotatable bonds is 4. The van der Waals surface area contributed by atoms with Crippen LogP contribution in [0.3, 0.4) is 0 Å². The summed E-state index contributed by atoms with van der Waals surface area (Å²) in [7, 11) is 0. The van der Waals surface area contributed by atoms with Gasteiger partial charge < -0.3 is 11.5 Å². The second-order valence-corrected chi connectivity index (χ2v) is 9.33. The van der Waals surface area contributed by atoms with E-state index >= 15 is 0 Å². The van der Waals surface area contributed by atoms with Crippen molar-refractivity contribution in [2.75, 3.05) is 5.75 Å². The fraction of sp³-hybridized carbons (Fsp3) is 0.478. The molecule has 6 nitrogen and oxygen atoms in total. The molecule has 1 heterocycles. The summed E-state index contributed by atoms with van der Waals surface area (Å²) in [6.45, 7) is 5.92. The average molecular weight is 425 g/mol. The number of thioether (sulfide) groups is 1. The number of carbonyl (C=O) groups is 2. The van der Waals surface area contributed by atoms with E-state index in [-0.39, 0.29) is 17.4 Å². The van der Waals surface area contributed by atoms with Crippen LogP contribution < -0.4 is 11.5 Å². The van der Waals surface area contributed by atoms with E-state index in [0.29, 0.717) is 29.0 Å². The van der Waals surface area contributed by atoms with Crippen LogP contribution in [0.15, 0.2) is 28.5 Å². The number of carbonyl (C=O) groups excluding carboxylic acids is 2. The van der Waals surface area contributed by atoms with Gasteiger partial charge in [0.15, 0.2) is 5.78 Å². The summed E-state index contributed by atoms with van der Waals surface area (Å²) in [6, 6.07) is 6.11. The van der Waals surface area contributed by atoms with Crippen molar-refractivity contribution in [3.8, 4) is 6.07 Å². The molecule has 1 fully saturated rings. The third-order valence-corrected chi connectivity index (χ3v) is 7.45. The number of nitriles is 1. The van der Waals surface area contributed by atoms with E-state index in [9.17, 15) is 14.9 Å². The molecule has 1 aliphatic heterocycles. The molecule has 0 bridgehead atoms.